The summed E-state index contributed by atoms with van der Waals surface area (Å²) in [5, 5.41) is 0. The third kappa shape index (κ3) is 1.50. The van der Waals surface area contributed by atoms with Crippen LogP contribution in [0.1, 0.15) is 30.1 Å². The predicted molar refractivity (Wildman–Crippen MR) is 53.7 cm³/mol. The first-order valence-corrected chi connectivity index (χ1v) is 4.95. The molecule has 1 amide bonds. The number of rotatable bonds is 2. The van der Waals surface area contributed by atoms with Crippen molar-refractivity contribution >= 4 is 6.41 Å². The fraction of sp³-hybridized carbons (Fsp3) is 0.455. The Balaban J connectivity index is 2.30. The molecule has 3 nitrogen and oxygen atoms in total. The number of likely N-dealkylation sites (tertiary alicyclic amines) is 1. The van der Waals surface area contributed by atoms with Crippen LogP contribution in [0.15, 0.2) is 18.3 Å². The molecule has 0 bridgehead atoms. The Morgan fingerprint density at radius 1 is 1.64 bits per heavy atom. The topological polar surface area (TPSA) is 33.2 Å². The minimum Gasteiger partial charge on any atom is -0.337 e. The van der Waals surface area contributed by atoms with Gasteiger partial charge in [-0.1, -0.05) is 6.07 Å². The molecule has 1 saturated heterocycles. The molecule has 3 heteroatoms. The van der Waals surface area contributed by atoms with Crippen LogP contribution >= 0.6 is 0 Å². The molecule has 0 spiro atoms. The highest BCUT2D eigenvalue weighted by atomic mass is 16.1. The molecule has 0 unspecified atom stereocenters. The van der Waals surface area contributed by atoms with Gasteiger partial charge in [-0.2, -0.15) is 0 Å². The number of pyridine rings is 1. The van der Waals surface area contributed by atoms with Crippen LogP contribution in [0, 0.1) is 6.92 Å². The second-order valence-electron chi connectivity index (χ2n) is 3.71. The van der Waals surface area contributed by atoms with Gasteiger partial charge < -0.3 is 4.90 Å². The zero-order chi connectivity index (χ0) is 9.97. The number of amides is 1. The van der Waals surface area contributed by atoms with E-state index in [1.54, 1.807) is 6.20 Å². The molecule has 1 atom stereocenters. The summed E-state index contributed by atoms with van der Waals surface area (Å²) >= 11 is 0. The van der Waals surface area contributed by atoms with E-state index in [2.05, 4.69) is 4.98 Å². The maximum atomic E-state index is 10.8. The van der Waals surface area contributed by atoms with Crippen molar-refractivity contribution in [3.8, 4) is 0 Å². The van der Waals surface area contributed by atoms with Crippen molar-refractivity contribution in [1.82, 2.24) is 9.88 Å². The van der Waals surface area contributed by atoms with Gasteiger partial charge in [0.25, 0.3) is 0 Å². The zero-order valence-electron chi connectivity index (χ0n) is 8.31. The van der Waals surface area contributed by atoms with Crippen LogP contribution in [-0.2, 0) is 4.79 Å². The third-order valence-electron chi connectivity index (χ3n) is 2.80. The van der Waals surface area contributed by atoms with Crippen LogP contribution in [-0.4, -0.2) is 22.8 Å². The first-order chi connectivity index (χ1) is 6.83. The number of nitrogens with zero attached hydrogens (tertiary/aromatic N) is 2. The number of carbonyl (C=O) groups excluding carboxylic acids is 1. The standard InChI is InChI=1S/C11H14N2O/c1-9-4-2-6-12-11(9)10-5-3-7-13(10)8-14/h2,4,6,8,10H,3,5,7H2,1H3/t10-/m0/s1. The maximum Gasteiger partial charge on any atom is 0.210 e. The van der Waals surface area contributed by atoms with E-state index in [-0.39, 0.29) is 6.04 Å². The lowest BCUT2D eigenvalue weighted by atomic mass is 10.1. The molecule has 0 N–H and O–H groups in total. The molecule has 2 rings (SSSR count). The number of carbonyl (C=O) groups is 1. The second kappa shape index (κ2) is 3.78. The van der Waals surface area contributed by atoms with Gasteiger partial charge in [0.15, 0.2) is 0 Å². The number of hydrogen-bond acceptors (Lipinski definition) is 2. The first-order valence-electron chi connectivity index (χ1n) is 4.95. The molecule has 1 aromatic heterocycles. The molecule has 0 aromatic carbocycles. The molecular weight excluding hydrogens is 176 g/mol. The summed E-state index contributed by atoms with van der Waals surface area (Å²) < 4.78 is 0. The summed E-state index contributed by atoms with van der Waals surface area (Å²) in [6.07, 6.45) is 4.85. The molecular formula is C11H14N2O. The van der Waals surface area contributed by atoms with Crippen LogP contribution in [0.2, 0.25) is 0 Å². The molecule has 2 heterocycles. The highest BCUT2D eigenvalue weighted by Crippen LogP contribution is 2.30. The third-order valence-corrected chi connectivity index (χ3v) is 2.80. The highest BCUT2D eigenvalue weighted by molar-refractivity contribution is 5.49. The van der Waals surface area contributed by atoms with Gasteiger partial charge in [0.1, 0.15) is 0 Å². The lowest BCUT2D eigenvalue weighted by molar-refractivity contribution is -0.119. The Morgan fingerprint density at radius 2 is 2.50 bits per heavy atom. The van der Waals surface area contributed by atoms with Gasteiger partial charge in [-0.25, -0.2) is 0 Å². The lowest BCUT2D eigenvalue weighted by Crippen LogP contribution is -2.22. The number of aryl methyl sites for hydroxylation is 1. The largest absolute Gasteiger partial charge is 0.337 e. The van der Waals surface area contributed by atoms with E-state index in [9.17, 15) is 4.79 Å². The van der Waals surface area contributed by atoms with Gasteiger partial charge in [0.05, 0.1) is 11.7 Å². The smallest absolute Gasteiger partial charge is 0.210 e. The average Bonchev–Trinajstić information content (AvgIpc) is 2.66. The van der Waals surface area contributed by atoms with Crippen LogP contribution in [0.5, 0.6) is 0 Å². The highest BCUT2D eigenvalue weighted by Gasteiger charge is 2.26. The fourth-order valence-electron chi connectivity index (χ4n) is 2.06. The van der Waals surface area contributed by atoms with Crippen molar-refractivity contribution in [2.75, 3.05) is 6.54 Å². The number of hydrogen-bond donors (Lipinski definition) is 0. The van der Waals surface area contributed by atoms with E-state index in [1.807, 2.05) is 24.0 Å². The fourth-order valence-corrected chi connectivity index (χ4v) is 2.06. The molecule has 1 aromatic rings. The van der Waals surface area contributed by atoms with Gasteiger partial charge in [-0.15, -0.1) is 0 Å². The van der Waals surface area contributed by atoms with Crippen molar-refractivity contribution < 1.29 is 4.79 Å². The van der Waals surface area contributed by atoms with E-state index in [4.69, 9.17) is 0 Å². The van der Waals surface area contributed by atoms with Crippen molar-refractivity contribution in [3.05, 3.63) is 29.6 Å². The van der Waals surface area contributed by atoms with Gasteiger partial charge >= 0.3 is 0 Å². The van der Waals surface area contributed by atoms with Gasteiger partial charge in [-0.05, 0) is 31.4 Å². The lowest BCUT2D eigenvalue weighted by Gasteiger charge is -2.20. The minimum absolute atomic E-state index is 0.202. The van der Waals surface area contributed by atoms with Crippen molar-refractivity contribution in [3.63, 3.8) is 0 Å². The van der Waals surface area contributed by atoms with E-state index in [0.29, 0.717) is 0 Å². The van der Waals surface area contributed by atoms with Crippen molar-refractivity contribution in [2.24, 2.45) is 0 Å². The normalized spacial score (nSPS) is 21.2. The summed E-state index contributed by atoms with van der Waals surface area (Å²) in [6, 6.07) is 4.18. The zero-order valence-corrected chi connectivity index (χ0v) is 8.31. The minimum atomic E-state index is 0.202. The Hall–Kier alpha value is -1.38. The van der Waals surface area contributed by atoms with E-state index in [0.717, 1.165) is 31.5 Å². The van der Waals surface area contributed by atoms with Gasteiger partial charge in [0, 0.05) is 12.7 Å². The predicted octanol–water partition coefficient (Wildman–Crippen LogP) is 1.68. The summed E-state index contributed by atoms with van der Waals surface area (Å²) in [6.45, 7) is 2.91. The van der Waals surface area contributed by atoms with Gasteiger partial charge in [0.2, 0.25) is 6.41 Å². The number of aromatic nitrogens is 1. The van der Waals surface area contributed by atoms with Gasteiger partial charge in [-0.3, -0.25) is 9.78 Å². The van der Waals surface area contributed by atoms with Crippen LogP contribution in [0.4, 0.5) is 0 Å². The maximum absolute atomic E-state index is 10.8. The summed E-state index contributed by atoms with van der Waals surface area (Å²) in [5.74, 6) is 0. The molecule has 74 valence electrons. The second-order valence-corrected chi connectivity index (χ2v) is 3.71. The van der Waals surface area contributed by atoms with Crippen LogP contribution in [0.3, 0.4) is 0 Å². The van der Waals surface area contributed by atoms with E-state index >= 15 is 0 Å². The monoisotopic (exact) mass is 190 g/mol. The quantitative estimate of drug-likeness (QED) is 0.665. The van der Waals surface area contributed by atoms with Crippen molar-refractivity contribution in [1.29, 1.82) is 0 Å². The van der Waals surface area contributed by atoms with E-state index in [1.165, 1.54) is 5.56 Å². The Bertz CT molecular complexity index is 338. The first kappa shape index (κ1) is 9.19. The molecule has 0 saturated carbocycles. The van der Waals surface area contributed by atoms with Crippen LogP contribution in [0.25, 0.3) is 0 Å². The Morgan fingerprint density at radius 3 is 3.21 bits per heavy atom. The summed E-state index contributed by atoms with van der Waals surface area (Å²) in [4.78, 5) is 17.0. The van der Waals surface area contributed by atoms with Crippen molar-refractivity contribution in [2.45, 2.75) is 25.8 Å². The molecule has 14 heavy (non-hydrogen) atoms. The molecule has 0 radical (unpaired) electrons. The molecule has 1 fully saturated rings. The summed E-state index contributed by atoms with van der Waals surface area (Å²) in [5.41, 5.74) is 2.23. The molecule has 1 aliphatic heterocycles. The SMILES string of the molecule is Cc1cccnc1[C@@H]1CCCN1C=O. The average molecular weight is 190 g/mol. The molecule has 1 aliphatic rings. The Labute approximate surface area is 83.8 Å². The van der Waals surface area contributed by atoms with E-state index < -0.39 is 0 Å². The Kier molecular flexibility index (Phi) is 2.48. The molecule has 0 aliphatic carbocycles. The summed E-state index contributed by atoms with van der Waals surface area (Å²) in [7, 11) is 0. The van der Waals surface area contributed by atoms with Crippen LogP contribution < -0.4 is 0 Å².